The maximum atomic E-state index is 12.4. The molecule has 1 aliphatic heterocycles. The Morgan fingerprint density at radius 1 is 1.55 bits per heavy atom. The van der Waals surface area contributed by atoms with E-state index in [1.165, 1.54) is 11.3 Å². The van der Waals surface area contributed by atoms with E-state index in [0.29, 0.717) is 19.4 Å². The number of hydrogen-bond donors (Lipinski definition) is 2. The topological polar surface area (TPSA) is 69.6 Å². The molecule has 0 aliphatic carbocycles. The summed E-state index contributed by atoms with van der Waals surface area (Å²) in [6.07, 6.45) is 2.82. The minimum Gasteiger partial charge on any atom is -0.384 e. The Kier molecular flexibility index (Phi) is 5.58. The van der Waals surface area contributed by atoms with Gasteiger partial charge in [0.15, 0.2) is 0 Å². The number of rotatable bonds is 6. The fourth-order valence-corrected chi connectivity index (χ4v) is 3.53. The highest BCUT2D eigenvalue weighted by Crippen LogP contribution is 2.23. The Morgan fingerprint density at radius 3 is 2.95 bits per heavy atom. The Bertz CT molecular complexity index is 513. The molecule has 1 aromatic heterocycles. The van der Waals surface area contributed by atoms with Gasteiger partial charge in [-0.25, -0.2) is 0 Å². The van der Waals surface area contributed by atoms with E-state index in [1.54, 1.807) is 11.8 Å². The van der Waals surface area contributed by atoms with E-state index in [2.05, 4.69) is 5.32 Å². The molecule has 1 aliphatic rings. The summed E-state index contributed by atoms with van der Waals surface area (Å²) in [5.41, 5.74) is -0.296. The van der Waals surface area contributed by atoms with Gasteiger partial charge in [0.1, 0.15) is 11.6 Å². The minimum atomic E-state index is -1.09. The molecule has 2 amide bonds. The summed E-state index contributed by atoms with van der Waals surface area (Å²) in [7, 11) is 0. The highest BCUT2D eigenvalue weighted by molar-refractivity contribution is 7.08. The summed E-state index contributed by atoms with van der Waals surface area (Å²) >= 11 is 1.51. The molecule has 2 heterocycles. The first-order chi connectivity index (χ1) is 10.5. The molecule has 2 N–H and O–H groups in total. The summed E-state index contributed by atoms with van der Waals surface area (Å²) in [6.45, 7) is 4.44. The van der Waals surface area contributed by atoms with Crippen LogP contribution in [0.2, 0.25) is 0 Å². The highest BCUT2D eigenvalue weighted by atomic mass is 32.1. The van der Waals surface area contributed by atoms with Crippen molar-refractivity contribution in [2.45, 2.75) is 51.2 Å². The van der Waals surface area contributed by atoms with E-state index in [9.17, 15) is 14.7 Å². The standard InChI is InChI=1S/C16H24N2O3S/c1-3-5-14(19)18-8-4-6-13(18)15(20)17-11-16(2,21)12-7-9-22-10-12/h7,9-10,13,21H,3-6,8,11H2,1-2H3,(H,17,20)/t13-,16-/m1/s1. The second-order valence-electron chi connectivity index (χ2n) is 6.00. The van der Waals surface area contributed by atoms with Crippen molar-refractivity contribution in [2.75, 3.05) is 13.1 Å². The van der Waals surface area contributed by atoms with Crippen LogP contribution in [0.15, 0.2) is 16.8 Å². The first-order valence-electron chi connectivity index (χ1n) is 7.78. The van der Waals surface area contributed by atoms with Crippen molar-refractivity contribution in [2.24, 2.45) is 0 Å². The summed E-state index contributed by atoms with van der Waals surface area (Å²) in [4.78, 5) is 26.1. The van der Waals surface area contributed by atoms with Crippen LogP contribution in [0.3, 0.4) is 0 Å². The molecule has 2 atom stereocenters. The zero-order chi connectivity index (χ0) is 16.2. The van der Waals surface area contributed by atoms with Crippen LogP contribution in [0.5, 0.6) is 0 Å². The van der Waals surface area contributed by atoms with Crippen molar-refractivity contribution in [3.05, 3.63) is 22.4 Å². The Morgan fingerprint density at radius 2 is 2.32 bits per heavy atom. The van der Waals surface area contributed by atoms with Gasteiger partial charge in [-0.3, -0.25) is 9.59 Å². The zero-order valence-electron chi connectivity index (χ0n) is 13.2. The van der Waals surface area contributed by atoms with E-state index in [-0.39, 0.29) is 18.4 Å². The number of aliphatic hydroxyl groups is 1. The third-order valence-corrected chi connectivity index (χ3v) is 4.77. The Hall–Kier alpha value is -1.40. The smallest absolute Gasteiger partial charge is 0.242 e. The molecule has 1 saturated heterocycles. The SMILES string of the molecule is CCCC(=O)N1CCC[C@@H]1C(=O)NC[C@@](C)(O)c1ccsc1. The predicted molar refractivity (Wildman–Crippen MR) is 86.5 cm³/mol. The van der Waals surface area contributed by atoms with Crippen molar-refractivity contribution < 1.29 is 14.7 Å². The number of likely N-dealkylation sites (tertiary alicyclic amines) is 1. The molecule has 0 spiro atoms. The maximum Gasteiger partial charge on any atom is 0.242 e. The van der Waals surface area contributed by atoms with Crippen molar-refractivity contribution in [3.8, 4) is 0 Å². The van der Waals surface area contributed by atoms with Gasteiger partial charge in [-0.2, -0.15) is 11.3 Å². The molecule has 0 aromatic carbocycles. The van der Waals surface area contributed by atoms with E-state index < -0.39 is 11.6 Å². The number of nitrogens with zero attached hydrogens (tertiary/aromatic N) is 1. The molecule has 1 fully saturated rings. The monoisotopic (exact) mass is 324 g/mol. The molecular weight excluding hydrogens is 300 g/mol. The maximum absolute atomic E-state index is 12.4. The van der Waals surface area contributed by atoms with E-state index in [4.69, 9.17) is 0 Å². The van der Waals surface area contributed by atoms with E-state index >= 15 is 0 Å². The van der Waals surface area contributed by atoms with E-state index in [0.717, 1.165) is 18.4 Å². The van der Waals surface area contributed by atoms with Gasteiger partial charge in [0, 0.05) is 13.0 Å². The van der Waals surface area contributed by atoms with Crippen LogP contribution in [-0.2, 0) is 15.2 Å². The van der Waals surface area contributed by atoms with E-state index in [1.807, 2.05) is 23.8 Å². The first kappa shape index (κ1) is 17.0. The number of hydrogen-bond acceptors (Lipinski definition) is 4. The molecule has 6 heteroatoms. The normalized spacial score (nSPS) is 20.7. The summed E-state index contributed by atoms with van der Waals surface area (Å²) in [5.74, 6) is -0.123. The summed E-state index contributed by atoms with van der Waals surface area (Å²) < 4.78 is 0. The van der Waals surface area contributed by atoms with Crippen LogP contribution in [-0.4, -0.2) is 41.0 Å². The van der Waals surface area contributed by atoms with Gasteiger partial charge in [0.2, 0.25) is 11.8 Å². The zero-order valence-corrected chi connectivity index (χ0v) is 14.0. The van der Waals surface area contributed by atoms with Crippen LogP contribution in [0.25, 0.3) is 0 Å². The average molecular weight is 324 g/mol. The van der Waals surface area contributed by atoms with Gasteiger partial charge in [-0.1, -0.05) is 6.92 Å². The molecule has 5 nitrogen and oxygen atoms in total. The summed E-state index contributed by atoms with van der Waals surface area (Å²) in [5, 5.41) is 17.0. The van der Waals surface area contributed by atoms with Gasteiger partial charge >= 0.3 is 0 Å². The summed E-state index contributed by atoms with van der Waals surface area (Å²) in [6, 6.07) is 1.46. The molecule has 122 valence electrons. The van der Waals surface area contributed by atoms with Crippen LogP contribution >= 0.6 is 11.3 Å². The van der Waals surface area contributed by atoms with Gasteiger partial charge in [-0.05, 0) is 48.6 Å². The Balaban J connectivity index is 1.93. The number of thiophene rings is 1. The molecule has 0 radical (unpaired) electrons. The van der Waals surface area contributed by atoms with Crippen LogP contribution in [0.1, 0.15) is 45.1 Å². The van der Waals surface area contributed by atoms with Crippen molar-refractivity contribution in [1.29, 1.82) is 0 Å². The average Bonchev–Trinajstić information content (AvgIpc) is 3.15. The molecule has 0 saturated carbocycles. The number of amides is 2. The predicted octanol–water partition coefficient (Wildman–Crippen LogP) is 1.86. The third kappa shape index (κ3) is 3.87. The molecular formula is C16H24N2O3S. The lowest BCUT2D eigenvalue weighted by molar-refractivity contribution is -0.138. The lowest BCUT2D eigenvalue weighted by Crippen LogP contribution is -2.48. The number of nitrogens with one attached hydrogen (secondary N) is 1. The fraction of sp³-hybridized carbons (Fsp3) is 0.625. The first-order valence-corrected chi connectivity index (χ1v) is 8.72. The molecule has 0 unspecified atom stereocenters. The second kappa shape index (κ2) is 7.24. The largest absolute Gasteiger partial charge is 0.384 e. The quantitative estimate of drug-likeness (QED) is 0.839. The Labute approximate surface area is 135 Å². The van der Waals surface area contributed by atoms with Crippen LogP contribution in [0.4, 0.5) is 0 Å². The molecule has 0 bridgehead atoms. The third-order valence-electron chi connectivity index (χ3n) is 4.09. The fourth-order valence-electron chi connectivity index (χ4n) is 2.75. The van der Waals surface area contributed by atoms with Crippen molar-refractivity contribution >= 4 is 23.2 Å². The van der Waals surface area contributed by atoms with Crippen LogP contribution in [0, 0.1) is 0 Å². The minimum absolute atomic E-state index is 0.0461. The van der Waals surface area contributed by atoms with Gasteiger partial charge < -0.3 is 15.3 Å². The lowest BCUT2D eigenvalue weighted by atomic mass is 9.99. The van der Waals surface area contributed by atoms with Gasteiger partial charge in [-0.15, -0.1) is 0 Å². The molecule has 22 heavy (non-hydrogen) atoms. The van der Waals surface area contributed by atoms with Gasteiger partial charge in [0.25, 0.3) is 0 Å². The van der Waals surface area contributed by atoms with Crippen molar-refractivity contribution in [1.82, 2.24) is 10.2 Å². The number of carbonyl (C=O) groups is 2. The second-order valence-corrected chi connectivity index (χ2v) is 6.78. The van der Waals surface area contributed by atoms with Gasteiger partial charge in [0.05, 0.1) is 6.54 Å². The molecule has 2 rings (SSSR count). The number of carbonyl (C=O) groups excluding carboxylic acids is 2. The van der Waals surface area contributed by atoms with Crippen LogP contribution < -0.4 is 5.32 Å². The van der Waals surface area contributed by atoms with Crippen molar-refractivity contribution in [3.63, 3.8) is 0 Å². The molecule has 1 aromatic rings. The highest BCUT2D eigenvalue weighted by Gasteiger charge is 2.34. The lowest BCUT2D eigenvalue weighted by Gasteiger charge is -2.27.